The number of rotatable bonds is 6. The first-order chi connectivity index (χ1) is 12.8. The lowest BCUT2D eigenvalue weighted by Crippen LogP contribution is -2.50. The van der Waals surface area contributed by atoms with Crippen LogP contribution in [0, 0.1) is 5.92 Å². The number of carboxylic acids is 2. The molecule has 1 aliphatic rings. The van der Waals surface area contributed by atoms with Crippen LogP contribution >= 0.6 is 11.6 Å². The third-order valence-electron chi connectivity index (χ3n) is 5.26. The number of hydrogen-bond donors (Lipinski definition) is 2. The predicted molar refractivity (Wildman–Crippen MR) is 99.7 cm³/mol. The molecule has 2 N–H and O–H groups in total. The van der Waals surface area contributed by atoms with Gasteiger partial charge < -0.3 is 14.8 Å². The summed E-state index contributed by atoms with van der Waals surface area (Å²) in [7, 11) is 0. The van der Waals surface area contributed by atoms with E-state index in [0.717, 1.165) is 30.4 Å². The van der Waals surface area contributed by atoms with Crippen LogP contribution in [0.1, 0.15) is 32.1 Å². The van der Waals surface area contributed by atoms with Gasteiger partial charge in [0.25, 0.3) is 0 Å². The minimum atomic E-state index is -2.07. The fourth-order valence-corrected chi connectivity index (χ4v) is 3.97. The van der Waals surface area contributed by atoms with Gasteiger partial charge in [0, 0.05) is 17.4 Å². The molecule has 0 aliphatic heterocycles. The standard InChI is InChI=1S/C20H20ClNO5/c21-15-6-4-13(5-7-15)14-8-11-22(12-14)20(9-2-1-3-10-20)17(23)16(18(24)25)19(26)27/h4-8,11-12,16H,1-3,9-10H2,(H,24,25)(H,26,27). The Kier molecular flexibility index (Phi) is 5.37. The van der Waals surface area contributed by atoms with E-state index in [2.05, 4.69) is 0 Å². The van der Waals surface area contributed by atoms with Gasteiger partial charge in [0.1, 0.15) is 5.54 Å². The van der Waals surface area contributed by atoms with E-state index in [1.165, 1.54) is 0 Å². The molecule has 0 radical (unpaired) electrons. The van der Waals surface area contributed by atoms with Gasteiger partial charge in [-0.25, -0.2) is 0 Å². The van der Waals surface area contributed by atoms with Crippen molar-refractivity contribution < 1.29 is 24.6 Å². The minimum Gasteiger partial charge on any atom is -0.480 e. The summed E-state index contributed by atoms with van der Waals surface area (Å²) >= 11 is 5.92. The highest BCUT2D eigenvalue weighted by Crippen LogP contribution is 2.39. The Balaban J connectivity index is 2.03. The molecule has 3 rings (SSSR count). The fraction of sp³-hybridized carbons (Fsp3) is 0.350. The molecule has 0 unspecified atom stereocenters. The number of carboxylic acid groups (broad SMARTS) is 2. The second kappa shape index (κ2) is 7.56. The molecule has 27 heavy (non-hydrogen) atoms. The van der Waals surface area contributed by atoms with Crippen molar-refractivity contribution in [1.82, 2.24) is 4.57 Å². The first kappa shape index (κ1) is 19.2. The van der Waals surface area contributed by atoms with Gasteiger partial charge in [-0.1, -0.05) is 43.0 Å². The van der Waals surface area contributed by atoms with E-state index in [9.17, 15) is 24.6 Å². The van der Waals surface area contributed by atoms with Gasteiger partial charge in [-0.15, -0.1) is 0 Å². The summed E-state index contributed by atoms with van der Waals surface area (Å²) in [4.78, 5) is 36.0. The molecule has 1 aliphatic carbocycles. The molecule has 0 amide bonds. The number of benzene rings is 1. The Morgan fingerprint density at radius 2 is 1.52 bits per heavy atom. The molecule has 142 valence electrons. The van der Waals surface area contributed by atoms with E-state index in [0.29, 0.717) is 17.9 Å². The topological polar surface area (TPSA) is 96.6 Å². The van der Waals surface area contributed by atoms with Crippen LogP contribution in [0.5, 0.6) is 0 Å². The number of aliphatic carboxylic acids is 2. The van der Waals surface area contributed by atoms with Gasteiger partial charge in [-0.3, -0.25) is 14.4 Å². The van der Waals surface area contributed by atoms with Crippen molar-refractivity contribution in [2.75, 3.05) is 0 Å². The maximum absolute atomic E-state index is 13.1. The highest BCUT2D eigenvalue weighted by molar-refractivity contribution is 6.30. The third kappa shape index (κ3) is 3.62. The molecule has 2 aromatic rings. The molecule has 1 heterocycles. The van der Waals surface area contributed by atoms with Gasteiger partial charge in [0.2, 0.25) is 5.92 Å². The minimum absolute atomic E-state index is 0.428. The van der Waals surface area contributed by atoms with E-state index >= 15 is 0 Å². The van der Waals surface area contributed by atoms with E-state index in [-0.39, 0.29) is 0 Å². The van der Waals surface area contributed by atoms with Gasteiger partial charge in [-0.05, 0) is 42.2 Å². The van der Waals surface area contributed by atoms with Crippen LogP contribution in [0.4, 0.5) is 0 Å². The van der Waals surface area contributed by atoms with Crippen LogP contribution in [0.2, 0.25) is 5.02 Å². The van der Waals surface area contributed by atoms with Crippen LogP contribution in [0.3, 0.4) is 0 Å². The van der Waals surface area contributed by atoms with Crippen molar-refractivity contribution in [3.05, 3.63) is 47.7 Å². The van der Waals surface area contributed by atoms with Crippen molar-refractivity contribution in [3.63, 3.8) is 0 Å². The average molecular weight is 390 g/mol. The van der Waals surface area contributed by atoms with Gasteiger partial charge in [-0.2, -0.15) is 0 Å². The molecule has 0 bridgehead atoms. The number of carbonyl (C=O) groups excluding carboxylic acids is 1. The lowest BCUT2D eigenvalue weighted by Gasteiger charge is -2.38. The lowest BCUT2D eigenvalue weighted by atomic mass is 9.74. The van der Waals surface area contributed by atoms with E-state index < -0.39 is 29.2 Å². The predicted octanol–water partition coefficient (Wildman–Crippen LogP) is 3.82. The summed E-state index contributed by atoms with van der Waals surface area (Å²) in [5, 5.41) is 19.2. The van der Waals surface area contributed by atoms with Crippen LogP contribution in [0.25, 0.3) is 11.1 Å². The Morgan fingerprint density at radius 3 is 2.07 bits per heavy atom. The van der Waals surface area contributed by atoms with E-state index in [1.54, 1.807) is 29.1 Å². The second-order valence-electron chi connectivity index (χ2n) is 6.88. The Bertz CT molecular complexity index is 851. The zero-order chi connectivity index (χ0) is 19.6. The van der Waals surface area contributed by atoms with Gasteiger partial charge in [0.15, 0.2) is 5.78 Å². The van der Waals surface area contributed by atoms with Gasteiger partial charge in [0.05, 0.1) is 0 Å². The number of hydrogen-bond acceptors (Lipinski definition) is 3. The second-order valence-corrected chi connectivity index (χ2v) is 7.32. The van der Waals surface area contributed by atoms with Crippen LogP contribution in [-0.2, 0) is 19.9 Å². The normalized spacial score (nSPS) is 16.2. The largest absolute Gasteiger partial charge is 0.480 e. The summed E-state index contributed by atoms with van der Waals surface area (Å²) in [6, 6.07) is 9.08. The Hall–Kier alpha value is -2.60. The monoisotopic (exact) mass is 389 g/mol. The summed E-state index contributed by atoms with van der Waals surface area (Å²) < 4.78 is 1.71. The molecule has 7 heteroatoms. The molecule has 1 aromatic carbocycles. The quantitative estimate of drug-likeness (QED) is 0.732. The molecule has 1 saturated carbocycles. The van der Waals surface area contributed by atoms with Crippen molar-refractivity contribution in [3.8, 4) is 11.1 Å². The van der Waals surface area contributed by atoms with E-state index in [1.807, 2.05) is 18.2 Å². The maximum Gasteiger partial charge on any atom is 0.325 e. The number of ketones is 1. The fourth-order valence-electron chi connectivity index (χ4n) is 3.84. The smallest absolute Gasteiger partial charge is 0.325 e. The van der Waals surface area contributed by atoms with Crippen molar-refractivity contribution in [2.24, 2.45) is 5.92 Å². The Labute approximate surface area is 161 Å². The summed E-state index contributed by atoms with van der Waals surface area (Å²) in [5.41, 5.74) is 0.612. The van der Waals surface area contributed by atoms with Crippen molar-refractivity contribution in [2.45, 2.75) is 37.6 Å². The number of Topliss-reactive ketones (excluding diaryl/α,β-unsaturated/α-hetero) is 1. The lowest BCUT2D eigenvalue weighted by molar-refractivity contribution is -0.160. The molecule has 0 saturated heterocycles. The summed E-state index contributed by atoms with van der Waals surface area (Å²) in [6.07, 6.45) is 6.79. The van der Waals surface area contributed by atoms with E-state index in [4.69, 9.17) is 11.6 Å². The maximum atomic E-state index is 13.1. The molecule has 6 nitrogen and oxygen atoms in total. The third-order valence-corrected chi connectivity index (χ3v) is 5.51. The van der Waals surface area contributed by atoms with Crippen LogP contribution in [-0.4, -0.2) is 32.5 Å². The molecular weight excluding hydrogens is 370 g/mol. The number of nitrogens with zero attached hydrogens (tertiary/aromatic N) is 1. The van der Waals surface area contributed by atoms with Crippen LogP contribution in [0.15, 0.2) is 42.7 Å². The zero-order valence-electron chi connectivity index (χ0n) is 14.6. The number of halogens is 1. The molecule has 1 aromatic heterocycles. The number of carbonyl (C=O) groups is 3. The molecule has 0 spiro atoms. The zero-order valence-corrected chi connectivity index (χ0v) is 15.4. The first-order valence-electron chi connectivity index (χ1n) is 8.79. The Morgan fingerprint density at radius 1 is 0.926 bits per heavy atom. The summed E-state index contributed by atoms with van der Waals surface area (Å²) in [6.45, 7) is 0. The number of aromatic nitrogens is 1. The summed E-state index contributed by atoms with van der Waals surface area (Å²) in [5.74, 6) is -6.07. The highest BCUT2D eigenvalue weighted by atomic mass is 35.5. The molecular formula is C20H20ClNO5. The van der Waals surface area contributed by atoms with Crippen molar-refractivity contribution in [1.29, 1.82) is 0 Å². The van der Waals surface area contributed by atoms with Crippen molar-refractivity contribution >= 4 is 29.3 Å². The first-order valence-corrected chi connectivity index (χ1v) is 9.17. The highest BCUT2D eigenvalue weighted by Gasteiger charge is 2.49. The average Bonchev–Trinajstić information content (AvgIpc) is 3.13. The molecule has 0 atom stereocenters. The molecule has 1 fully saturated rings. The van der Waals surface area contributed by atoms with Crippen LogP contribution < -0.4 is 0 Å². The van der Waals surface area contributed by atoms with Gasteiger partial charge >= 0.3 is 11.9 Å². The SMILES string of the molecule is O=C(O)C(C(=O)O)C(=O)C1(n2ccc(-c3ccc(Cl)cc3)c2)CCCCC1.